The maximum atomic E-state index is 11.0. The van der Waals surface area contributed by atoms with E-state index in [1.54, 1.807) is 35.9 Å². The van der Waals surface area contributed by atoms with Crippen LogP contribution in [0.25, 0.3) is 21.9 Å². The molecular weight excluding hydrogens is 220 g/mol. The minimum Gasteiger partial charge on any atom is -0.508 e. The average molecular weight is 230 g/mol. The summed E-state index contributed by atoms with van der Waals surface area (Å²) in [4.78, 5) is 14.1. The normalized spacial score (nSPS) is 11.4. The highest BCUT2D eigenvalue weighted by molar-refractivity contribution is 6.08. The van der Waals surface area contributed by atoms with Gasteiger partial charge >= 0.3 is 5.97 Å². The number of carboxylic acid groups (broad SMARTS) is 1. The number of hydrogen-bond acceptors (Lipinski definition) is 2. The summed E-state index contributed by atoms with van der Waals surface area (Å²) in [6, 6.07) is 6.57. The number of carboxylic acids is 1. The molecule has 0 aliphatic heterocycles. The number of aromatic nitrogens is 2. The zero-order valence-corrected chi connectivity index (χ0v) is 9.06. The number of rotatable bonds is 1. The maximum absolute atomic E-state index is 11.0. The minimum atomic E-state index is -0.955. The van der Waals surface area contributed by atoms with E-state index >= 15 is 0 Å². The molecule has 0 amide bonds. The van der Waals surface area contributed by atoms with Crippen molar-refractivity contribution in [1.82, 2.24) is 9.55 Å². The van der Waals surface area contributed by atoms with E-state index in [2.05, 4.69) is 4.98 Å². The molecule has 0 radical (unpaired) electrons. The van der Waals surface area contributed by atoms with Gasteiger partial charge in [0.1, 0.15) is 11.4 Å². The molecule has 0 bridgehead atoms. The number of carbonyl (C=O) groups is 1. The van der Waals surface area contributed by atoms with Crippen LogP contribution in [-0.4, -0.2) is 25.7 Å². The maximum Gasteiger partial charge on any atom is 0.352 e. The Morgan fingerprint density at radius 2 is 2.06 bits per heavy atom. The van der Waals surface area contributed by atoms with Gasteiger partial charge in [0, 0.05) is 18.5 Å². The quantitative estimate of drug-likeness (QED) is 0.598. The van der Waals surface area contributed by atoms with Gasteiger partial charge < -0.3 is 19.8 Å². The summed E-state index contributed by atoms with van der Waals surface area (Å²) >= 11 is 0. The Labute approximate surface area is 95.9 Å². The first-order valence-corrected chi connectivity index (χ1v) is 5.11. The van der Waals surface area contributed by atoms with Gasteiger partial charge in [0.05, 0.1) is 16.6 Å². The molecule has 17 heavy (non-hydrogen) atoms. The summed E-state index contributed by atoms with van der Waals surface area (Å²) in [5.41, 5.74) is 2.62. The molecule has 2 aromatic heterocycles. The van der Waals surface area contributed by atoms with Gasteiger partial charge in [0.2, 0.25) is 0 Å². The van der Waals surface area contributed by atoms with Crippen LogP contribution in [0.4, 0.5) is 0 Å². The van der Waals surface area contributed by atoms with Gasteiger partial charge in [-0.15, -0.1) is 0 Å². The van der Waals surface area contributed by atoms with E-state index in [9.17, 15) is 9.90 Å². The fourth-order valence-corrected chi connectivity index (χ4v) is 2.22. The van der Waals surface area contributed by atoms with Crippen LogP contribution in [0, 0.1) is 0 Å². The fourth-order valence-electron chi connectivity index (χ4n) is 2.22. The highest BCUT2D eigenvalue weighted by Gasteiger charge is 2.15. The number of aryl methyl sites for hydroxylation is 1. The third kappa shape index (κ3) is 1.22. The lowest BCUT2D eigenvalue weighted by Gasteiger charge is -1.99. The lowest BCUT2D eigenvalue weighted by Crippen LogP contribution is -2.03. The van der Waals surface area contributed by atoms with Crippen molar-refractivity contribution >= 4 is 27.9 Å². The van der Waals surface area contributed by atoms with Crippen LogP contribution in [0.15, 0.2) is 24.3 Å². The van der Waals surface area contributed by atoms with E-state index in [1.807, 2.05) is 0 Å². The van der Waals surface area contributed by atoms with Crippen molar-refractivity contribution < 1.29 is 15.0 Å². The predicted octanol–water partition coefficient (Wildman–Crippen LogP) is 2.06. The predicted molar refractivity (Wildman–Crippen MR) is 63.4 cm³/mol. The van der Waals surface area contributed by atoms with E-state index in [-0.39, 0.29) is 11.4 Å². The lowest BCUT2D eigenvalue weighted by atomic mass is 10.2. The molecule has 3 N–H and O–H groups in total. The molecule has 2 heterocycles. The SMILES string of the molecule is Cn1c(C(=O)O)cc2[nH]c3cc(O)ccc3c21. The molecular formula is C12H10N2O3. The van der Waals surface area contributed by atoms with E-state index < -0.39 is 5.97 Å². The summed E-state index contributed by atoms with van der Waals surface area (Å²) in [5.74, 6) is -0.772. The zero-order chi connectivity index (χ0) is 12.2. The van der Waals surface area contributed by atoms with Crippen LogP contribution in [0.2, 0.25) is 0 Å². The number of aromatic carboxylic acids is 1. The van der Waals surface area contributed by atoms with Crippen LogP contribution < -0.4 is 0 Å². The van der Waals surface area contributed by atoms with Crippen molar-refractivity contribution in [3.8, 4) is 5.75 Å². The Morgan fingerprint density at radius 3 is 2.76 bits per heavy atom. The highest BCUT2D eigenvalue weighted by Crippen LogP contribution is 2.29. The molecule has 5 heteroatoms. The van der Waals surface area contributed by atoms with Gasteiger partial charge in [-0.3, -0.25) is 0 Å². The van der Waals surface area contributed by atoms with Crippen molar-refractivity contribution in [2.45, 2.75) is 0 Å². The van der Waals surface area contributed by atoms with E-state index in [4.69, 9.17) is 5.11 Å². The van der Waals surface area contributed by atoms with Crippen LogP contribution in [0.3, 0.4) is 0 Å². The number of nitrogens with one attached hydrogen (secondary N) is 1. The van der Waals surface area contributed by atoms with Crippen molar-refractivity contribution in [1.29, 1.82) is 0 Å². The van der Waals surface area contributed by atoms with Crippen LogP contribution in [-0.2, 0) is 7.05 Å². The summed E-state index contributed by atoms with van der Waals surface area (Å²) in [6.07, 6.45) is 0. The van der Waals surface area contributed by atoms with Crippen LogP contribution in [0.1, 0.15) is 10.5 Å². The van der Waals surface area contributed by atoms with Crippen LogP contribution in [0.5, 0.6) is 5.75 Å². The smallest absolute Gasteiger partial charge is 0.352 e. The Kier molecular flexibility index (Phi) is 1.75. The second kappa shape index (κ2) is 3.04. The number of H-pyrrole nitrogens is 1. The van der Waals surface area contributed by atoms with Gasteiger partial charge in [0.25, 0.3) is 0 Å². The molecule has 0 saturated carbocycles. The largest absolute Gasteiger partial charge is 0.508 e. The Hall–Kier alpha value is -2.43. The molecule has 0 aliphatic carbocycles. The first-order chi connectivity index (χ1) is 8.08. The second-order valence-electron chi connectivity index (χ2n) is 4.01. The second-order valence-corrected chi connectivity index (χ2v) is 4.01. The molecule has 0 unspecified atom stereocenters. The molecule has 5 nitrogen and oxygen atoms in total. The van der Waals surface area contributed by atoms with Gasteiger partial charge in [-0.2, -0.15) is 0 Å². The summed E-state index contributed by atoms with van der Waals surface area (Å²) in [7, 11) is 1.71. The third-order valence-corrected chi connectivity index (χ3v) is 2.98. The number of phenolic OH excluding ortho intramolecular Hbond substituents is 1. The molecule has 0 atom stereocenters. The van der Waals surface area contributed by atoms with Crippen molar-refractivity contribution in [2.75, 3.05) is 0 Å². The number of phenols is 1. The number of fused-ring (bicyclic) bond motifs is 3. The van der Waals surface area contributed by atoms with Crippen molar-refractivity contribution in [2.24, 2.45) is 7.05 Å². The third-order valence-electron chi connectivity index (χ3n) is 2.98. The van der Waals surface area contributed by atoms with Gasteiger partial charge in [-0.1, -0.05) is 0 Å². The number of aromatic hydroxyl groups is 1. The molecule has 0 spiro atoms. The molecule has 0 saturated heterocycles. The summed E-state index contributed by atoms with van der Waals surface area (Å²) in [5, 5.41) is 19.3. The standard InChI is InChI=1S/C12H10N2O3/c1-14-10(12(16)17)5-9-11(14)7-3-2-6(15)4-8(7)13-9/h2-5,13,15H,1H3,(H,16,17). The summed E-state index contributed by atoms with van der Waals surface area (Å²) < 4.78 is 1.63. The molecule has 86 valence electrons. The number of hydrogen-bond donors (Lipinski definition) is 3. The van der Waals surface area contributed by atoms with Gasteiger partial charge in [-0.25, -0.2) is 4.79 Å². The molecule has 3 aromatic rings. The average Bonchev–Trinajstić information content (AvgIpc) is 2.75. The monoisotopic (exact) mass is 230 g/mol. The van der Waals surface area contributed by atoms with Gasteiger partial charge in [-0.05, 0) is 18.2 Å². The highest BCUT2D eigenvalue weighted by atomic mass is 16.4. The number of nitrogens with zero attached hydrogens (tertiary/aromatic N) is 1. The van der Waals surface area contributed by atoms with E-state index in [0.29, 0.717) is 0 Å². The number of aromatic amines is 1. The first-order valence-electron chi connectivity index (χ1n) is 5.11. The summed E-state index contributed by atoms with van der Waals surface area (Å²) in [6.45, 7) is 0. The van der Waals surface area contributed by atoms with E-state index in [1.165, 1.54) is 0 Å². The Morgan fingerprint density at radius 1 is 1.29 bits per heavy atom. The molecule has 1 aromatic carbocycles. The lowest BCUT2D eigenvalue weighted by molar-refractivity contribution is 0.0687. The first kappa shape index (κ1) is 9.77. The minimum absolute atomic E-state index is 0.183. The molecule has 0 aliphatic rings. The van der Waals surface area contributed by atoms with E-state index in [0.717, 1.165) is 21.9 Å². The zero-order valence-electron chi connectivity index (χ0n) is 9.06. The van der Waals surface area contributed by atoms with Crippen molar-refractivity contribution in [3.05, 3.63) is 30.0 Å². The molecule has 3 rings (SSSR count). The van der Waals surface area contributed by atoms with Gasteiger partial charge in [0.15, 0.2) is 0 Å². The fraction of sp³-hybridized carbons (Fsp3) is 0.0833. The topological polar surface area (TPSA) is 78.2 Å². The molecule has 0 fully saturated rings. The number of benzene rings is 1. The Balaban J connectivity index is 2.46. The van der Waals surface area contributed by atoms with Crippen LogP contribution >= 0.6 is 0 Å². The Bertz CT molecular complexity index is 752. The van der Waals surface area contributed by atoms with Crippen molar-refractivity contribution in [3.63, 3.8) is 0 Å².